The summed E-state index contributed by atoms with van der Waals surface area (Å²) in [5.74, 6) is -0.692. The number of anilines is 1. The molecule has 4 nitrogen and oxygen atoms in total. The lowest BCUT2D eigenvalue weighted by Crippen LogP contribution is -2.28. The molecule has 23 heavy (non-hydrogen) atoms. The van der Waals surface area contributed by atoms with E-state index in [1.165, 1.54) is 13.2 Å². The smallest absolute Gasteiger partial charge is 0.338 e. The second-order valence-corrected chi connectivity index (χ2v) is 5.28. The molecule has 0 aliphatic rings. The van der Waals surface area contributed by atoms with E-state index in [1.807, 2.05) is 0 Å². The van der Waals surface area contributed by atoms with E-state index in [2.05, 4.69) is 10.6 Å². The van der Waals surface area contributed by atoms with Crippen molar-refractivity contribution in [3.63, 3.8) is 0 Å². The highest BCUT2D eigenvalue weighted by Crippen LogP contribution is 2.19. The molecule has 0 radical (unpaired) electrons. The van der Waals surface area contributed by atoms with Gasteiger partial charge in [-0.25, -0.2) is 9.18 Å². The van der Waals surface area contributed by atoms with Gasteiger partial charge in [0, 0.05) is 17.8 Å². The minimum Gasteiger partial charge on any atom is -0.465 e. The van der Waals surface area contributed by atoms with E-state index in [9.17, 15) is 9.18 Å². The number of nitrogens with one attached hydrogen (secondary N) is 2. The highest BCUT2D eigenvalue weighted by atomic mass is 32.1. The van der Waals surface area contributed by atoms with Gasteiger partial charge in [-0.05, 0) is 42.9 Å². The Morgan fingerprint density at radius 1 is 1.22 bits per heavy atom. The maximum absolute atomic E-state index is 13.6. The van der Waals surface area contributed by atoms with E-state index < -0.39 is 5.97 Å². The summed E-state index contributed by atoms with van der Waals surface area (Å²) in [5, 5.41) is 6.30. The highest BCUT2D eigenvalue weighted by Gasteiger charge is 2.12. The molecule has 0 aromatic heterocycles. The number of carbonyl (C=O) groups is 1. The summed E-state index contributed by atoms with van der Waals surface area (Å²) in [4.78, 5) is 11.7. The number of thiocarbonyl (C=S) groups is 1. The summed E-state index contributed by atoms with van der Waals surface area (Å²) < 4.78 is 18.3. The van der Waals surface area contributed by atoms with Crippen molar-refractivity contribution < 1.29 is 13.9 Å². The molecule has 0 bridgehead atoms. The van der Waals surface area contributed by atoms with Crippen LogP contribution in [0.2, 0.25) is 0 Å². The van der Waals surface area contributed by atoms with Gasteiger partial charge in [0.05, 0.1) is 12.7 Å². The van der Waals surface area contributed by atoms with Crippen molar-refractivity contribution in [2.75, 3.05) is 12.4 Å². The molecule has 0 spiro atoms. The van der Waals surface area contributed by atoms with Crippen LogP contribution < -0.4 is 10.6 Å². The number of ether oxygens (including phenoxy) is 1. The zero-order chi connectivity index (χ0) is 16.8. The molecular weight excluding hydrogens is 315 g/mol. The van der Waals surface area contributed by atoms with Crippen molar-refractivity contribution in [1.82, 2.24) is 5.32 Å². The van der Waals surface area contributed by atoms with Crippen LogP contribution in [-0.2, 0) is 11.3 Å². The second kappa shape index (κ2) is 7.69. The Morgan fingerprint density at radius 2 is 1.96 bits per heavy atom. The first-order chi connectivity index (χ1) is 11.0. The van der Waals surface area contributed by atoms with Crippen LogP contribution in [-0.4, -0.2) is 18.2 Å². The molecule has 0 saturated heterocycles. The van der Waals surface area contributed by atoms with Gasteiger partial charge < -0.3 is 15.4 Å². The SMILES string of the molecule is COC(=O)c1cccc(NC(=S)NCc2ccccc2F)c1C. The van der Waals surface area contributed by atoms with Gasteiger partial charge in [-0.15, -0.1) is 0 Å². The van der Waals surface area contributed by atoms with Gasteiger partial charge in [-0.1, -0.05) is 24.3 Å². The number of halogens is 1. The number of hydrogen-bond acceptors (Lipinski definition) is 3. The molecule has 6 heteroatoms. The summed E-state index contributed by atoms with van der Waals surface area (Å²) >= 11 is 5.21. The molecule has 2 aromatic carbocycles. The van der Waals surface area contributed by atoms with Crippen LogP contribution in [0.1, 0.15) is 21.5 Å². The first-order valence-corrected chi connectivity index (χ1v) is 7.40. The largest absolute Gasteiger partial charge is 0.465 e. The van der Waals surface area contributed by atoms with Gasteiger partial charge >= 0.3 is 5.97 Å². The highest BCUT2D eigenvalue weighted by molar-refractivity contribution is 7.80. The van der Waals surface area contributed by atoms with Crippen LogP contribution in [0.3, 0.4) is 0 Å². The average molecular weight is 332 g/mol. The van der Waals surface area contributed by atoms with Gasteiger partial charge in [0.15, 0.2) is 5.11 Å². The van der Waals surface area contributed by atoms with Crippen LogP contribution in [0.15, 0.2) is 42.5 Å². The number of rotatable bonds is 4. The molecule has 0 atom stereocenters. The van der Waals surface area contributed by atoms with Crippen molar-refractivity contribution in [2.45, 2.75) is 13.5 Å². The second-order valence-electron chi connectivity index (χ2n) is 4.87. The van der Waals surface area contributed by atoms with E-state index in [0.717, 1.165) is 5.56 Å². The molecule has 0 fully saturated rings. The Kier molecular flexibility index (Phi) is 5.65. The molecule has 0 aliphatic heterocycles. The van der Waals surface area contributed by atoms with Gasteiger partial charge in [-0.2, -0.15) is 0 Å². The van der Waals surface area contributed by atoms with Crippen molar-refractivity contribution in [1.29, 1.82) is 0 Å². The first-order valence-electron chi connectivity index (χ1n) is 6.99. The van der Waals surface area contributed by atoms with Gasteiger partial charge in [0.2, 0.25) is 0 Å². The molecule has 2 aromatic rings. The summed E-state index contributed by atoms with van der Waals surface area (Å²) in [6.45, 7) is 2.07. The van der Waals surface area contributed by atoms with Crippen molar-refractivity contribution >= 4 is 29.0 Å². The van der Waals surface area contributed by atoms with E-state index in [0.29, 0.717) is 21.9 Å². The van der Waals surface area contributed by atoms with E-state index in [-0.39, 0.29) is 12.4 Å². The summed E-state index contributed by atoms with van der Waals surface area (Å²) in [7, 11) is 1.34. The molecular formula is C17H17FN2O2S. The molecule has 0 unspecified atom stereocenters. The number of carbonyl (C=O) groups excluding carboxylic acids is 1. The van der Waals surface area contributed by atoms with Gasteiger partial charge in [0.1, 0.15) is 5.82 Å². The Labute approximate surface area is 139 Å². The zero-order valence-electron chi connectivity index (χ0n) is 12.9. The number of methoxy groups -OCH3 is 1. The van der Waals surface area contributed by atoms with Crippen molar-refractivity contribution in [2.24, 2.45) is 0 Å². The Morgan fingerprint density at radius 3 is 2.65 bits per heavy atom. The normalized spacial score (nSPS) is 10.0. The molecule has 0 saturated carbocycles. The van der Waals surface area contributed by atoms with Crippen LogP contribution in [0, 0.1) is 12.7 Å². The predicted molar refractivity (Wildman–Crippen MR) is 92.0 cm³/mol. The zero-order valence-corrected chi connectivity index (χ0v) is 13.7. The maximum atomic E-state index is 13.6. The molecule has 2 N–H and O–H groups in total. The molecule has 0 amide bonds. The quantitative estimate of drug-likeness (QED) is 0.664. The number of hydrogen-bond donors (Lipinski definition) is 2. The van der Waals surface area contributed by atoms with Crippen LogP contribution in [0.4, 0.5) is 10.1 Å². The first kappa shape index (κ1) is 16.9. The fourth-order valence-corrected chi connectivity index (χ4v) is 2.27. The van der Waals surface area contributed by atoms with Gasteiger partial charge in [-0.3, -0.25) is 0 Å². The van der Waals surface area contributed by atoms with Crippen molar-refractivity contribution in [3.05, 3.63) is 65.0 Å². The summed E-state index contributed by atoms with van der Waals surface area (Å²) in [6, 6.07) is 11.7. The number of benzene rings is 2. The Hall–Kier alpha value is -2.47. The lowest BCUT2D eigenvalue weighted by Gasteiger charge is -2.14. The Bertz CT molecular complexity index is 734. The molecule has 0 heterocycles. The summed E-state index contributed by atoms with van der Waals surface area (Å²) in [6.07, 6.45) is 0. The predicted octanol–water partition coefficient (Wildman–Crippen LogP) is 3.41. The van der Waals surface area contributed by atoms with Crippen molar-refractivity contribution in [3.8, 4) is 0 Å². The average Bonchev–Trinajstić information content (AvgIpc) is 2.55. The standard InChI is InChI=1S/C17H17FN2O2S/c1-11-13(16(21)22-2)7-5-9-15(11)20-17(23)19-10-12-6-3-4-8-14(12)18/h3-9H,10H2,1-2H3,(H2,19,20,23). The van der Waals surface area contributed by atoms with Gasteiger partial charge in [0.25, 0.3) is 0 Å². The van der Waals surface area contributed by atoms with E-state index >= 15 is 0 Å². The monoisotopic (exact) mass is 332 g/mol. The maximum Gasteiger partial charge on any atom is 0.338 e. The van der Waals surface area contributed by atoms with E-state index in [4.69, 9.17) is 17.0 Å². The fraction of sp³-hybridized carbons (Fsp3) is 0.176. The van der Waals surface area contributed by atoms with Crippen LogP contribution in [0.25, 0.3) is 0 Å². The Balaban J connectivity index is 2.03. The molecule has 0 aliphatic carbocycles. The van der Waals surface area contributed by atoms with E-state index in [1.54, 1.807) is 43.3 Å². The number of esters is 1. The topological polar surface area (TPSA) is 50.4 Å². The fourth-order valence-electron chi connectivity index (χ4n) is 2.09. The lowest BCUT2D eigenvalue weighted by atomic mass is 10.1. The third kappa shape index (κ3) is 4.26. The lowest BCUT2D eigenvalue weighted by molar-refractivity contribution is 0.0600. The summed E-state index contributed by atoms with van der Waals surface area (Å²) in [5.41, 5.74) is 2.42. The van der Waals surface area contributed by atoms with Crippen LogP contribution >= 0.6 is 12.2 Å². The minimum absolute atomic E-state index is 0.272. The van der Waals surface area contributed by atoms with Crippen LogP contribution in [0.5, 0.6) is 0 Å². The molecule has 2 rings (SSSR count). The third-order valence-electron chi connectivity index (χ3n) is 3.38. The third-order valence-corrected chi connectivity index (χ3v) is 3.63. The molecule has 120 valence electrons. The minimum atomic E-state index is -0.406.